The predicted molar refractivity (Wildman–Crippen MR) is 94.1 cm³/mol. The van der Waals surface area contributed by atoms with Gasteiger partial charge in [-0.05, 0) is 59.0 Å². The Labute approximate surface area is 145 Å². The van der Waals surface area contributed by atoms with Crippen molar-refractivity contribution in [3.8, 4) is 0 Å². The minimum atomic E-state index is -0.276. The third-order valence-electron chi connectivity index (χ3n) is 3.20. The van der Waals surface area contributed by atoms with Gasteiger partial charge in [0.1, 0.15) is 5.76 Å². The molecule has 112 valence electrons. The quantitative estimate of drug-likeness (QED) is 0.540. The second kappa shape index (κ2) is 6.29. The standard InChI is InChI=1S/C16H12INO3S/c1-10-2-4-11(5-3-10)9-18-15(19)13(22-16(18)20)8-12-6-7-14(17)21-12/h2-8H,9H2,1H3/b13-8-. The summed E-state index contributed by atoms with van der Waals surface area (Å²) in [5.74, 6) is 0.298. The smallest absolute Gasteiger partial charge is 0.293 e. The first-order chi connectivity index (χ1) is 10.5. The van der Waals surface area contributed by atoms with Crippen molar-refractivity contribution in [2.75, 3.05) is 0 Å². The molecule has 1 aromatic heterocycles. The number of benzene rings is 1. The lowest BCUT2D eigenvalue weighted by atomic mass is 10.1. The minimum absolute atomic E-state index is 0.252. The lowest BCUT2D eigenvalue weighted by Gasteiger charge is -2.12. The molecular formula is C16H12INO3S. The molecule has 0 atom stereocenters. The summed E-state index contributed by atoms with van der Waals surface area (Å²) in [6.07, 6.45) is 1.61. The summed E-state index contributed by atoms with van der Waals surface area (Å²) in [4.78, 5) is 26.1. The highest BCUT2D eigenvalue weighted by molar-refractivity contribution is 14.1. The molecule has 2 heterocycles. The van der Waals surface area contributed by atoms with Crippen molar-refractivity contribution in [2.45, 2.75) is 13.5 Å². The van der Waals surface area contributed by atoms with Crippen LogP contribution in [0, 0.1) is 10.7 Å². The van der Waals surface area contributed by atoms with Crippen molar-refractivity contribution in [1.82, 2.24) is 4.90 Å². The zero-order valence-electron chi connectivity index (χ0n) is 11.7. The molecule has 6 heteroatoms. The second-order valence-corrected chi connectivity index (χ2v) is 6.95. The third kappa shape index (κ3) is 3.27. The van der Waals surface area contributed by atoms with Crippen LogP contribution in [-0.4, -0.2) is 16.0 Å². The fourth-order valence-corrected chi connectivity index (χ4v) is 3.30. The summed E-state index contributed by atoms with van der Waals surface area (Å²) in [5, 5.41) is -0.252. The molecule has 4 nitrogen and oxygen atoms in total. The molecule has 2 aromatic rings. The van der Waals surface area contributed by atoms with Crippen LogP contribution >= 0.6 is 34.4 Å². The number of imide groups is 1. The van der Waals surface area contributed by atoms with Crippen LogP contribution < -0.4 is 0 Å². The molecule has 1 fully saturated rings. The van der Waals surface area contributed by atoms with E-state index in [0.717, 1.165) is 26.7 Å². The van der Waals surface area contributed by atoms with Gasteiger partial charge < -0.3 is 4.42 Å². The third-order valence-corrected chi connectivity index (χ3v) is 4.69. The van der Waals surface area contributed by atoms with Gasteiger partial charge in [0, 0.05) is 6.08 Å². The number of aryl methyl sites for hydroxylation is 1. The molecule has 22 heavy (non-hydrogen) atoms. The van der Waals surface area contributed by atoms with E-state index in [9.17, 15) is 9.59 Å². The molecule has 3 rings (SSSR count). The zero-order valence-corrected chi connectivity index (χ0v) is 14.7. The maximum absolute atomic E-state index is 12.4. The first kappa shape index (κ1) is 15.4. The Morgan fingerprint density at radius 2 is 1.91 bits per heavy atom. The van der Waals surface area contributed by atoms with Crippen molar-refractivity contribution in [1.29, 1.82) is 0 Å². The molecule has 1 aromatic carbocycles. The maximum atomic E-state index is 12.4. The van der Waals surface area contributed by atoms with Gasteiger partial charge >= 0.3 is 0 Å². The van der Waals surface area contributed by atoms with Gasteiger partial charge in [-0.25, -0.2) is 0 Å². The van der Waals surface area contributed by atoms with Crippen molar-refractivity contribution in [3.63, 3.8) is 0 Å². The monoisotopic (exact) mass is 425 g/mol. The minimum Gasteiger partial charge on any atom is -0.451 e. The number of furan rings is 1. The van der Waals surface area contributed by atoms with Crippen LogP contribution in [0.15, 0.2) is 45.7 Å². The van der Waals surface area contributed by atoms with Crippen molar-refractivity contribution in [3.05, 3.63) is 62.0 Å². The number of hydrogen-bond donors (Lipinski definition) is 0. The number of rotatable bonds is 3. The SMILES string of the molecule is Cc1ccc(CN2C(=O)S/C(=C\c3ccc(I)o3)C2=O)cc1. The summed E-state index contributed by atoms with van der Waals surface area (Å²) in [5.41, 5.74) is 2.08. The van der Waals surface area contributed by atoms with E-state index in [1.54, 1.807) is 12.1 Å². The van der Waals surface area contributed by atoms with Gasteiger partial charge in [-0.3, -0.25) is 14.5 Å². The van der Waals surface area contributed by atoms with E-state index in [-0.39, 0.29) is 17.7 Å². The number of thioether (sulfide) groups is 1. The van der Waals surface area contributed by atoms with Gasteiger partial charge in [0.25, 0.3) is 11.1 Å². The molecule has 0 unspecified atom stereocenters. The van der Waals surface area contributed by atoms with E-state index < -0.39 is 0 Å². The Kier molecular flexibility index (Phi) is 4.39. The van der Waals surface area contributed by atoms with E-state index in [4.69, 9.17) is 4.42 Å². The molecule has 0 radical (unpaired) electrons. The number of halogens is 1. The van der Waals surface area contributed by atoms with Gasteiger partial charge in [0.05, 0.1) is 11.4 Å². The van der Waals surface area contributed by atoms with Crippen LogP contribution in [-0.2, 0) is 11.3 Å². The van der Waals surface area contributed by atoms with Gasteiger partial charge in [-0.15, -0.1) is 0 Å². The average Bonchev–Trinajstić information content (AvgIpc) is 3.00. The fourth-order valence-electron chi connectivity index (χ4n) is 2.05. The van der Waals surface area contributed by atoms with E-state index >= 15 is 0 Å². The predicted octanol–water partition coefficient (Wildman–Crippen LogP) is 4.43. The molecule has 0 N–H and O–H groups in total. The molecule has 0 spiro atoms. The highest BCUT2D eigenvalue weighted by Gasteiger charge is 2.35. The lowest BCUT2D eigenvalue weighted by Crippen LogP contribution is -2.27. The van der Waals surface area contributed by atoms with Gasteiger partial charge in [-0.2, -0.15) is 0 Å². The van der Waals surface area contributed by atoms with Crippen LogP contribution in [0.4, 0.5) is 4.79 Å². The largest absolute Gasteiger partial charge is 0.451 e. The summed E-state index contributed by atoms with van der Waals surface area (Å²) in [6.45, 7) is 2.29. The summed E-state index contributed by atoms with van der Waals surface area (Å²) in [7, 11) is 0. The van der Waals surface area contributed by atoms with E-state index in [2.05, 4.69) is 22.6 Å². The van der Waals surface area contributed by atoms with Gasteiger partial charge in [0.15, 0.2) is 3.77 Å². The van der Waals surface area contributed by atoms with Crippen LogP contribution in [0.3, 0.4) is 0 Å². The molecule has 0 aliphatic carbocycles. The zero-order chi connectivity index (χ0) is 15.7. The summed E-state index contributed by atoms with van der Waals surface area (Å²) < 4.78 is 6.15. The van der Waals surface area contributed by atoms with E-state index in [0.29, 0.717) is 10.7 Å². The van der Waals surface area contributed by atoms with E-state index in [1.807, 2.05) is 37.3 Å². The summed E-state index contributed by atoms with van der Waals surface area (Å²) >= 11 is 3.00. The Balaban J connectivity index is 1.79. The molecule has 1 aliphatic heterocycles. The molecule has 2 amide bonds. The number of amides is 2. The normalized spacial score (nSPS) is 16.8. The Morgan fingerprint density at radius 3 is 2.55 bits per heavy atom. The number of nitrogens with zero attached hydrogens (tertiary/aromatic N) is 1. The lowest BCUT2D eigenvalue weighted by molar-refractivity contribution is -0.123. The number of carbonyl (C=O) groups excluding carboxylic acids is 2. The van der Waals surface area contributed by atoms with Gasteiger partial charge in [0.2, 0.25) is 0 Å². The molecule has 1 saturated heterocycles. The van der Waals surface area contributed by atoms with Crippen LogP contribution in [0.5, 0.6) is 0 Å². The van der Waals surface area contributed by atoms with Crippen molar-refractivity contribution >= 4 is 51.6 Å². The highest BCUT2D eigenvalue weighted by Crippen LogP contribution is 2.33. The van der Waals surface area contributed by atoms with Crippen LogP contribution in [0.1, 0.15) is 16.9 Å². The highest BCUT2D eigenvalue weighted by atomic mass is 127. The first-order valence-electron chi connectivity index (χ1n) is 6.59. The Hall–Kier alpha value is -1.54. The molecular weight excluding hydrogens is 413 g/mol. The van der Waals surface area contributed by atoms with E-state index in [1.165, 1.54) is 4.90 Å². The van der Waals surface area contributed by atoms with Crippen LogP contribution in [0.2, 0.25) is 0 Å². The maximum Gasteiger partial charge on any atom is 0.293 e. The second-order valence-electron chi connectivity index (χ2n) is 4.90. The van der Waals surface area contributed by atoms with Crippen molar-refractivity contribution in [2.24, 2.45) is 0 Å². The number of carbonyl (C=O) groups is 2. The Bertz CT molecular complexity index is 764. The molecule has 0 bridgehead atoms. The Morgan fingerprint density at radius 1 is 1.18 bits per heavy atom. The average molecular weight is 425 g/mol. The fraction of sp³-hybridized carbons (Fsp3) is 0.125. The summed E-state index contributed by atoms with van der Waals surface area (Å²) in [6, 6.07) is 11.4. The first-order valence-corrected chi connectivity index (χ1v) is 8.49. The number of hydrogen-bond acceptors (Lipinski definition) is 4. The van der Waals surface area contributed by atoms with Crippen molar-refractivity contribution < 1.29 is 14.0 Å². The van der Waals surface area contributed by atoms with Gasteiger partial charge in [-0.1, -0.05) is 29.8 Å². The van der Waals surface area contributed by atoms with Crippen LogP contribution in [0.25, 0.3) is 6.08 Å². The molecule has 0 saturated carbocycles. The topological polar surface area (TPSA) is 50.5 Å². The molecule has 1 aliphatic rings.